The number of benzene rings is 1. The molecular weight excluding hydrogens is 300 g/mol. The van der Waals surface area contributed by atoms with E-state index >= 15 is 0 Å². The van der Waals surface area contributed by atoms with Gasteiger partial charge in [-0.05, 0) is 36.4 Å². The lowest BCUT2D eigenvalue weighted by Crippen LogP contribution is -2.00. The fourth-order valence-electron chi connectivity index (χ4n) is 2.67. The van der Waals surface area contributed by atoms with E-state index in [9.17, 15) is 4.79 Å². The summed E-state index contributed by atoms with van der Waals surface area (Å²) in [6, 6.07) is 12.7. The Morgan fingerprint density at radius 1 is 1.04 bits per heavy atom. The Morgan fingerprint density at radius 3 is 2.62 bits per heavy atom. The fraction of sp³-hybridized carbons (Fsp3) is 0. The van der Waals surface area contributed by atoms with Crippen LogP contribution in [0.3, 0.4) is 0 Å². The maximum absolute atomic E-state index is 12.8. The molecule has 0 radical (unpaired) electrons. The highest BCUT2D eigenvalue weighted by molar-refractivity contribution is 6.16. The van der Waals surface area contributed by atoms with Gasteiger partial charge in [0.15, 0.2) is 5.78 Å². The van der Waals surface area contributed by atoms with Crippen molar-refractivity contribution in [3.05, 3.63) is 78.4 Å². The van der Waals surface area contributed by atoms with Crippen LogP contribution in [0.1, 0.15) is 15.9 Å². The van der Waals surface area contributed by atoms with E-state index in [2.05, 4.69) is 15.0 Å². The van der Waals surface area contributed by atoms with Crippen molar-refractivity contribution in [2.24, 2.45) is 0 Å². The van der Waals surface area contributed by atoms with Crippen molar-refractivity contribution < 1.29 is 4.79 Å². The maximum atomic E-state index is 12.8. The minimum atomic E-state index is -0.0635. The molecule has 5 heteroatoms. The number of fused-ring (bicyclic) bond motifs is 1. The van der Waals surface area contributed by atoms with E-state index in [4.69, 9.17) is 5.73 Å². The van der Waals surface area contributed by atoms with E-state index in [1.54, 1.807) is 49.1 Å². The topological polar surface area (TPSA) is 84.7 Å². The molecule has 0 bridgehead atoms. The minimum absolute atomic E-state index is 0.0635. The number of hydrogen-bond donors (Lipinski definition) is 2. The first-order chi connectivity index (χ1) is 11.7. The number of carbonyl (C=O) groups excluding carboxylic acids is 1. The molecule has 0 aliphatic carbocycles. The highest BCUT2D eigenvalue weighted by Gasteiger charge is 2.15. The second-order valence-corrected chi connectivity index (χ2v) is 5.52. The van der Waals surface area contributed by atoms with Crippen LogP contribution in [0, 0.1) is 0 Å². The number of nitrogen functional groups attached to an aromatic ring is 1. The molecule has 0 amide bonds. The zero-order valence-electron chi connectivity index (χ0n) is 12.7. The number of carbonyl (C=O) groups is 1. The van der Waals surface area contributed by atoms with Crippen molar-refractivity contribution in [3.8, 4) is 11.1 Å². The normalized spacial score (nSPS) is 10.8. The van der Waals surface area contributed by atoms with Crippen LogP contribution < -0.4 is 5.73 Å². The molecule has 0 saturated heterocycles. The van der Waals surface area contributed by atoms with Gasteiger partial charge in [-0.25, -0.2) is 4.98 Å². The number of H-pyrrole nitrogens is 1. The number of ketones is 1. The molecule has 0 atom stereocenters. The Bertz CT molecular complexity index is 1020. The van der Waals surface area contributed by atoms with Crippen molar-refractivity contribution in [2.45, 2.75) is 0 Å². The van der Waals surface area contributed by atoms with Crippen molar-refractivity contribution in [1.29, 1.82) is 0 Å². The monoisotopic (exact) mass is 314 g/mol. The molecule has 116 valence electrons. The molecule has 0 fully saturated rings. The number of hydrogen-bond acceptors (Lipinski definition) is 4. The van der Waals surface area contributed by atoms with Gasteiger partial charge in [0, 0.05) is 58.1 Å². The van der Waals surface area contributed by atoms with Crippen LogP contribution in [0.5, 0.6) is 0 Å². The summed E-state index contributed by atoms with van der Waals surface area (Å²) >= 11 is 0. The summed E-state index contributed by atoms with van der Waals surface area (Å²) in [4.78, 5) is 24.4. The van der Waals surface area contributed by atoms with E-state index < -0.39 is 0 Å². The average molecular weight is 314 g/mol. The molecule has 1 aromatic carbocycles. The first-order valence-corrected chi connectivity index (χ1v) is 7.50. The van der Waals surface area contributed by atoms with Crippen LogP contribution >= 0.6 is 0 Å². The van der Waals surface area contributed by atoms with Gasteiger partial charge < -0.3 is 10.7 Å². The first-order valence-electron chi connectivity index (χ1n) is 7.50. The molecule has 4 rings (SSSR count). The van der Waals surface area contributed by atoms with Gasteiger partial charge in [0.05, 0.1) is 0 Å². The Labute approximate surface area is 138 Å². The fourth-order valence-corrected chi connectivity index (χ4v) is 2.67. The lowest BCUT2D eigenvalue weighted by molar-refractivity contribution is 0.104. The lowest BCUT2D eigenvalue weighted by atomic mass is 10.0. The number of pyridine rings is 2. The summed E-state index contributed by atoms with van der Waals surface area (Å²) in [5, 5.41) is 0.790. The van der Waals surface area contributed by atoms with Crippen molar-refractivity contribution in [2.75, 3.05) is 5.73 Å². The minimum Gasteiger partial charge on any atom is -0.399 e. The predicted molar refractivity (Wildman–Crippen MR) is 93.6 cm³/mol. The van der Waals surface area contributed by atoms with Crippen molar-refractivity contribution >= 4 is 22.5 Å². The molecule has 5 nitrogen and oxygen atoms in total. The second kappa shape index (κ2) is 5.62. The third-order valence-electron chi connectivity index (χ3n) is 3.94. The molecule has 0 aliphatic heterocycles. The van der Waals surface area contributed by atoms with E-state index in [0.717, 1.165) is 16.5 Å². The van der Waals surface area contributed by atoms with E-state index in [1.165, 1.54) is 0 Å². The van der Waals surface area contributed by atoms with Gasteiger partial charge in [-0.3, -0.25) is 9.78 Å². The van der Waals surface area contributed by atoms with E-state index in [1.807, 2.05) is 18.2 Å². The maximum Gasteiger partial charge on any atom is 0.195 e. The van der Waals surface area contributed by atoms with E-state index in [0.29, 0.717) is 22.5 Å². The largest absolute Gasteiger partial charge is 0.399 e. The van der Waals surface area contributed by atoms with Crippen LogP contribution in [0.4, 0.5) is 5.69 Å². The third kappa shape index (κ3) is 2.42. The van der Waals surface area contributed by atoms with Gasteiger partial charge in [-0.2, -0.15) is 0 Å². The molecular formula is C19H14N4O. The second-order valence-electron chi connectivity index (χ2n) is 5.52. The molecule has 3 aromatic heterocycles. The zero-order chi connectivity index (χ0) is 16.5. The Hall–Kier alpha value is -3.47. The van der Waals surface area contributed by atoms with Crippen LogP contribution in [0.25, 0.3) is 22.2 Å². The Morgan fingerprint density at radius 2 is 1.88 bits per heavy atom. The molecule has 4 aromatic rings. The number of rotatable bonds is 3. The van der Waals surface area contributed by atoms with Gasteiger partial charge in [-0.1, -0.05) is 6.07 Å². The smallest absolute Gasteiger partial charge is 0.195 e. The van der Waals surface area contributed by atoms with Crippen molar-refractivity contribution in [3.63, 3.8) is 0 Å². The Kier molecular flexibility index (Phi) is 3.31. The van der Waals surface area contributed by atoms with Gasteiger partial charge in [0.25, 0.3) is 0 Å². The summed E-state index contributed by atoms with van der Waals surface area (Å²) in [5.41, 5.74) is 10.1. The Balaban J connectivity index is 1.81. The van der Waals surface area contributed by atoms with Gasteiger partial charge in [-0.15, -0.1) is 0 Å². The highest BCUT2D eigenvalue weighted by Crippen LogP contribution is 2.25. The summed E-state index contributed by atoms with van der Waals surface area (Å²) in [6.45, 7) is 0. The van der Waals surface area contributed by atoms with Crippen LogP contribution in [-0.4, -0.2) is 20.7 Å². The number of aromatic nitrogens is 3. The zero-order valence-corrected chi connectivity index (χ0v) is 12.7. The molecule has 3 N–H and O–H groups in total. The number of nitrogens with zero attached hydrogens (tertiary/aromatic N) is 2. The van der Waals surface area contributed by atoms with Gasteiger partial charge in [0.1, 0.15) is 5.65 Å². The quantitative estimate of drug-likeness (QED) is 0.448. The summed E-state index contributed by atoms with van der Waals surface area (Å²) in [5.74, 6) is -0.0635. The third-order valence-corrected chi connectivity index (χ3v) is 3.94. The highest BCUT2D eigenvalue weighted by atomic mass is 16.1. The molecule has 0 aliphatic rings. The standard InChI is InChI=1S/C19H14N4O/c20-15-5-3-12(4-6-15)18(24)17-11-23-19-16(17)8-14(10-22-19)13-2-1-7-21-9-13/h1-11H,20H2,(H,22,23). The van der Waals surface area contributed by atoms with E-state index in [-0.39, 0.29) is 5.78 Å². The molecule has 0 saturated carbocycles. The summed E-state index contributed by atoms with van der Waals surface area (Å²) < 4.78 is 0. The number of anilines is 1. The van der Waals surface area contributed by atoms with Gasteiger partial charge in [0.2, 0.25) is 0 Å². The van der Waals surface area contributed by atoms with Crippen LogP contribution in [0.15, 0.2) is 67.3 Å². The summed E-state index contributed by atoms with van der Waals surface area (Å²) in [7, 11) is 0. The predicted octanol–water partition coefficient (Wildman–Crippen LogP) is 3.44. The van der Waals surface area contributed by atoms with Crippen LogP contribution in [-0.2, 0) is 0 Å². The van der Waals surface area contributed by atoms with Crippen molar-refractivity contribution in [1.82, 2.24) is 15.0 Å². The first kappa shape index (κ1) is 14.1. The lowest BCUT2D eigenvalue weighted by Gasteiger charge is -2.03. The van der Waals surface area contributed by atoms with Gasteiger partial charge >= 0.3 is 0 Å². The molecule has 3 heterocycles. The molecule has 0 unspecified atom stereocenters. The number of nitrogens with two attached hydrogens (primary N) is 1. The van der Waals surface area contributed by atoms with Crippen LogP contribution in [0.2, 0.25) is 0 Å². The summed E-state index contributed by atoms with van der Waals surface area (Å²) in [6.07, 6.45) is 6.97. The molecule has 24 heavy (non-hydrogen) atoms. The SMILES string of the molecule is Nc1ccc(C(=O)c2c[nH]c3ncc(-c4cccnc4)cc23)cc1. The molecule has 0 spiro atoms. The number of aromatic amines is 1. The average Bonchev–Trinajstić information content (AvgIpc) is 3.05. The number of nitrogens with one attached hydrogen (secondary N) is 1.